The summed E-state index contributed by atoms with van der Waals surface area (Å²) in [5.74, 6) is -0.224. The zero-order valence-corrected chi connectivity index (χ0v) is 26.6. The van der Waals surface area contributed by atoms with Crippen molar-refractivity contribution < 1.29 is 24.1 Å². The first-order chi connectivity index (χ1) is 20.4. The SMILES string of the molecule is CC(C)(C)[Si](C)(C)OC1C[C@H](n2cnc3c(OCc4ccccc4)nc(N)nc32)[C@](O)(CO)[C@@H]1COCc1ccccc1. The smallest absolute Gasteiger partial charge is 0.247 e. The molecule has 4 atom stereocenters. The lowest BCUT2D eigenvalue weighted by Gasteiger charge is -2.41. The molecule has 0 radical (unpaired) electrons. The number of nitrogen functional groups attached to an aromatic ring is 1. The minimum Gasteiger partial charge on any atom is -0.471 e. The fraction of sp³-hybridized carbons (Fsp3) is 0.469. The summed E-state index contributed by atoms with van der Waals surface area (Å²) >= 11 is 0. The first kappa shape index (κ1) is 31.1. The van der Waals surface area contributed by atoms with Gasteiger partial charge in [-0.05, 0) is 35.7 Å². The highest BCUT2D eigenvalue weighted by molar-refractivity contribution is 6.74. The van der Waals surface area contributed by atoms with Crippen LogP contribution in [0.5, 0.6) is 5.88 Å². The predicted molar refractivity (Wildman–Crippen MR) is 168 cm³/mol. The fourth-order valence-electron chi connectivity index (χ4n) is 5.51. The number of aromatic nitrogens is 4. The van der Waals surface area contributed by atoms with Gasteiger partial charge in [0.25, 0.3) is 0 Å². The lowest BCUT2D eigenvalue weighted by Crippen LogP contribution is -2.51. The Morgan fingerprint density at radius 1 is 1.00 bits per heavy atom. The van der Waals surface area contributed by atoms with Gasteiger partial charge in [-0.2, -0.15) is 9.97 Å². The molecule has 1 aliphatic carbocycles. The summed E-state index contributed by atoms with van der Waals surface area (Å²) in [5.41, 5.74) is 7.40. The van der Waals surface area contributed by atoms with Crippen molar-refractivity contribution in [2.45, 2.75) is 76.3 Å². The van der Waals surface area contributed by atoms with E-state index in [0.29, 0.717) is 24.2 Å². The number of rotatable bonds is 11. The van der Waals surface area contributed by atoms with Crippen molar-refractivity contribution in [1.29, 1.82) is 0 Å². The van der Waals surface area contributed by atoms with E-state index in [1.54, 1.807) is 10.9 Å². The van der Waals surface area contributed by atoms with E-state index in [2.05, 4.69) is 48.8 Å². The molecule has 230 valence electrons. The highest BCUT2D eigenvalue weighted by atomic mass is 28.4. The Morgan fingerprint density at radius 2 is 1.63 bits per heavy atom. The lowest BCUT2D eigenvalue weighted by molar-refractivity contribution is -0.107. The topological polar surface area (TPSA) is 138 Å². The quantitative estimate of drug-likeness (QED) is 0.204. The van der Waals surface area contributed by atoms with Gasteiger partial charge in [0.15, 0.2) is 19.5 Å². The summed E-state index contributed by atoms with van der Waals surface area (Å²) in [6.07, 6.45) is 1.67. The Kier molecular flexibility index (Phi) is 8.91. The van der Waals surface area contributed by atoms with Crippen LogP contribution in [-0.2, 0) is 22.4 Å². The van der Waals surface area contributed by atoms with Crippen LogP contribution in [0.25, 0.3) is 11.2 Å². The van der Waals surface area contributed by atoms with Crippen LogP contribution in [0.3, 0.4) is 0 Å². The van der Waals surface area contributed by atoms with Crippen LogP contribution in [0.2, 0.25) is 18.1 Å². The van der Waals surface area contributed by atoms with Crippen LogP contribution in [0, 0.1) is 5.92 Å². The number of ether oxygens (including phenoxy) is 2. The molecule has 1 aliphatic rings. The van der Waals surface area contributed by atoms with Crippen molar-refractivity contribution in [3.8, 4) is 5.88 Å². The molecule has 4 aromatic rings. The molecular weight excluding hydrogens is 562 g/mol. The van der Waals surface area contributed by atoms with Crippen molar-refractivity contribution in [2.75, 3.05) is 18.9 Å². The number of nitrogens with two attached hydrogens (primary N) is 1. The molecule has 2 aromatic carbocycles. The molecule has 1 unspecified atom stereocenters. The Labute approximate surface area is 254 Å². The maximum absolute atomic E-state index is 12.3. The third-order valence-electron chi connectivity index (χ3n) is 9.00. The minimum absolute atomic E-state index is 0.0275. The highest BCUT2D eigenvalue weighted by Crippen LogP contribution is 2.49. The number of nitrogens with zero attached hydrogens (tertiary/aromatic N) is 4. The van der Waals surface area contributed by atoms with E-state index in [-0.39, 0.29) is 36.2 Å². The summed E-state index contributed by atoms with van der Waals surface area (Å²) in [6, 6.07) is 19.0. The number of hydrogen-bond donors (Lipinski definition) is 3. The summed E-state index contributed by atoms with van der Waals surface area (Å²) in [4.78, 5) is 13.4. The van der Waals surface area contributed by atoms with Crippen LogP contribution >= 0.6 is 0 Å². The Balaban J connectivity index is 1.48. The number of aliphatic hydroxyl groups excluding tert-OH is 1. The summed E-state index contributed by atoms with van der Waals surface area (Å²) < 4.78 is 20.9. The molecule has 43 heavy (non-hydrogen) atoms. The average molecular weight is 606 g/mol. The molecule has 5 rings (SSSR count). The second kappa shape index (κ2) is 12.3. The molecule has 0 aliphatic heterocycles. The van der Waals surface area contributed by atoms with Crippen LogP contribution < -0.4 is 10.5 Å². The molecule has 2 aromatic heterocycles. The molecule has 0 saturated heterocycles. The minimum atomic E-state index is -2.26. The van der Waals surface area contributed by atoms with E-state index >= 15 is 0 Å². The monoisotopic (exact) mass is 605 g/mol. The molecule has 2 heterocycles. The van der Waals surface area contributed by atoms with Gasteiger partial charge in [0.1, 0.15) is 12.2 Å². The Hall–Kier alpha value is -3.35. The van der Waals surface area contributed by atoms with Gasteiger partial charge in [-0.15, -0.1) is 0 Å². The number of fused-ring (bicyclic) bond motifs is 1. The van der Waals surface area contributed by atoms with E-state index in [1.807, 2.05) is 60.7 Å². The second-order valence-electron chi connectivity index (χ2n) is 12.9. The zero-order chi connectivity index (χ0) is 30.8. The number of aliphatic hydroxyl groups is 2. The van der Waals surface area contributed by atoms with Gasteiger partial charge in [0.05, 0.1) is 38.3 Å². The van der Waals surface area contributed by atoms with Gasteiger partial charge in [0.2, 0.25) is 11.8 Å². The van der Waals surface area contributed by atoms with E-state index in [9.17, 15) is 10.2 Å². The van der Waals surface area contributed by atoms with E-state index in [0.717, 1.165) is 11.1 Å². The first-order valence-corrected chi connectivity index (χ1v) is 17.6. The molecule has 0 bridgehead atoms. The van der Waals surface area contributed by atoms with E-state index in [1.165, 1.54) is 0 Å². The van der Waals surface area contributed by atoms with Gasteiger partial charge >= 0.3 is 0 Å². The van der Waals surface area contributed by atoms with Crippen molar-refractivity contribution in [2.24, 2.45) is 5.92 Å². The first-order valence-electron chi connectivity index (χ1n) is 14.7. The van der Waals surface area contributed by atoms with Crippen LogP contribution in [0.15, 0.2) is 67.0 Å². The predicted octanol–water partition coefficient (Wildman–Crippen LogP) is 4.88. The van der Waals surface area contributed by atoms with Gasteiger partial charge in [-0.1, -0.05) is 81.4 Å². The van der Waals surface area contributed by atoms with Gasteiger partial charge in [-0.3, -0.25) is 0 Å². The Bertz CT molecular complexity index is 1510. The highest BCUT2D eigenvalue weighted by Gasteiger charge is 2.57. The van der Waals surface area contributed by atoms with Crippen molar-refractivity contribution in [3.05, 3.63) is 78.1 Å². The summed E-state index contributed by atoms with van der Waals surface area (Å²) in [5, 5.41) is 23.0. The normalized spacial score (nSPS) is 22.7. The molecule has 0 spiro atoms. The zero-order valence-electron chi connectivity index (χ0n) is 25.6. The largest absolute Gasteiger partial charge is 0.471 e. The van der Waals surface area contributed by atoms with Gasteiger partial charge < -0.3 is 34.4 Å². The summed E-state index contributed by atoms with van der Waals surface area (Å²) in [7, 11) is -2.26. The average Bonchev–Trinajstić information content (AvgIpc) is 3.50. The van der Waals surface area contributed by atoms with Gasteiger partial charge in [-0.25, -0.2) is 4.98 Å². The van der Waals surface area contributed by atoms with Crippen LogP contribution in [0.1, 0.15) is 44.4 Å². The number of benzene rings is 2. The standard InChI is InChI=1S/C32H43N5O5Si/c1-31(2,3)43(4,5)42-25-16-26(32(39,20-38)24(25)19-40-17-22-12-8-6-9-13-22)37-21-34-27-28(37)35-30(33)36-29(27)41-18-23-14-10-7-11-15-23/h6-15,21,24-26,38-39H,16-20H2,1-5H3,(H2,33,35,36)/t24-,25?,26+,32+/m1/s1. The fourth-order valence-corrected chi connectivity index (χ4v) is 6.88. The number of hydrogen-bond acceptors (Lipinski definition) is 9. The van der Waals surface area contributed by atoms with Crippen molar-refractivity contribution in [3.63, 3.8) is 0 Å². The second-order valence-corrected chi connectivity index (χ2v) is 17.7. The van der Waals surface area contributed by atoms with Gasteiger partial charge in [0, 0.05) is 5.92 Å². The van der Waals surface area contributed by atoms with Crippen molar-refractivity contribution in [1.82, 2.24) is 19.5 Å². The molecular formula is C32H43N5O5Si. The van der Waals surface area contributed by atoms with Crippen LogP contribution in [-0.4, -0.2) is 63.0 Å². The molecule has 0 amide bonds. The molecule has 10 nitrogen and oxygen atoms in total. The third kappa shape index (κ3) is 6.46. The number of imidazole rings is 1. The van der Waals surface area contributed by atoms with Crippen LogP contribution in [0.4, 0.5) is 5.95 Å². The van der Waals surface area contributed by atoms with Crippen molar-refractivity contribution >= 4 is 25.4 Å². The lowest BCUT2D eigenvalue weighted by atomic mass is 9.88. The van der Waals surface area contributed by atoms with E-state index < -0.39 is 32.5 Å². The van der Waals surface area contributed by atoms with E-state index in [4.69, 9.17) is 19.6 Å². The molecule has 4 N–H and O–H groups in total. The summed E-state index contributed by atoms with van der Waals surface area (Å²) in [6.45, 7) is 11.3. The third-order valence-corrected chi connectivity index (χ3v) is 13.5. The number of anilines is 1. The Morgan fingerprint density at radius 3 is 2.23 bits per heavy atom. The maximum Gasteiger partial charge on any atom is 0.247 e. The maximum atomic E-state index is 12.3. The molecule has 1 saturated carbocycles. The molecule has 1 fully saturated rings. The molecule has 11 heteroatoms.